The predicted octanol–water partition coefficient (Wildman–Crippen LogP) is 1.02. The molecule has 4 N–H and O–H groups in total. The smallest absolute Gasteiger partial charge is 0.141 e. The maximum Gasteiger partial charge on any atom is 0.141 e. The van der Waals surface area contributed by atoms with Crippen LogP contribution in [-0.4, -0.2) is 14.8 Å². The highest BCUT2D eigenvalue weighted by Gasteiger charge is 2.03. The SMILES string of the molecule is Cc1c(CNc2ccnc(NN)c2)cnn1C. The summed E-state index contributed by atoms with van der Waals surface area (Å²) in [6.07, 6.45) is 3.57. The minimum atomic E-state index is 0.637. The van der Waals surface area contributed by atoms with E-state index in [4.69, 9.17) is 5.84 Å². The van der Waals surface area contributed by atoms with E-state index in [1.807, 2.05) is 37.0 Å². The molecule has 0 spiro atoms. The summed E-state index contributed by atoms with van der Waals surface area (Å²) in [5.41, 5.74) is 5.81. The maximum atomic E-state index is 5.30. The lowest BCUT2D eigenvalue weighted by Crippen LogP contribution is -2.09. The molecule has 0 aliphatic heterocycles. The molecule has 0 aromatic carbocycles. The minimum absolute atomic E-state index is 0.637. The number of rotatable bonds is 4. The average Bonchev–Trinajstić information content (AvgIpc) is 2.68. The van der Waals surface area contributed by atoms with Crippen molar-refractivity contribution in [1.82, 2.24) is 14.8 Å². The van der Waals surface area contributed by atoms with E-state index in [0.717, 1.165) is 17.9 Å². The Morgan fingerprint density at radius 2 is 2.29 bits per heavy atom. The number of nitrogens with one attached hydrogen (secondary N) is 2. The summed E-state index contributed by atoms with van der Waals surface area (Å²) >= 11 is 0. The Labute approximate surface area is 99.8 Å². The van der Waals surface area contributed by atoms with Crippen molar-refractivity contribution in [3.8, 4) is 0 Å². The van der Waals surface area contributed by atoms with Crippen molar-refractivity contribution < 1.29 is 0 Å². The van der Waals surface area contributed by atoms with Gasteiger partial charge in [-0.2, -0.15) is 5.10 Å². The van der Waals surface area contributed by atoms with Gasteiger partial charge >= 0.3 is 0 Å². The van der Waals surface area contributed by atoms with Gasteiger partial charge < -0.3 is 10.7 Å². The van der Waals surface area contributed by atoms with Crippen LogP contribution >= 0.6 is 0 Å². The molecule has 6 heteroatoms. The number of hydrazine groups is 1. The van der Waals surface area contributed by atoms with Gasteiger partial charge in [0.1, 0.15) is 5.82 Å². The van der Waals surface area contributed by atoms with Gasteiger partial charge in [0.15, 0.2) is 0 Å². The molecule has 0 aliphatic carbocycles. The Balaban J connectivity index is 2.04. The number of anilines is 2. The number of aryl methyl sites for hydroxylation is 1. The molecule has 0 atom stereocenters. The first kappa shape index (κ1) is 11.4. The van der Waals surface area contributed by atoms with Gasteiger partial charge in [0, 0.05) is 42.8 Å². The lowest BCUT2D eigenvalue weighted by Gasteiger charge is -2.07. The summed E-state index contributed by atoms with van der Waals surface area (Å²) in [4.78, 5) is 4.04. The summed E-state index contributed by atoms with van der Waals surface area (Å²) < 4.78 is 1.86. The predicted molar refractivity (Wildman–Crippen MR) is 67.3 cm³/mol. The van der Waals surface area contributed by atoms with Gasteiger partial charge in [-0.05, 0) is 13.0 Å². The van der Waals surface area contributed by atoms with Crippen molar-refractivity contribution in [2.45, 2.75) is 13.5 Å². The topological polar surface area (TPSA) is 80.8 Å². The molecule has 0 unspecified atom stereocenters. The number of nitrogens with zero attached hydrogens (tertiary/aromatic N) is 3. The molecular formula is C11H16N6. The molecule has 17 heavy (non-hydrogen) atoms. The Morgan fingerprint density at radius 3 is 2.94 bits per heavy atom. The molecule has 0 fully saturated rings. The van der Waals surface area contributed by atoms with Gasteiger partial charge in [-0.15, -0.1) is 0 Å². The van der Waals surface area contributed by atoms with E-state index in [0.29, 0.717) is 5.82 Å². The number of pyridine rings is 1. The van der Waals surface area contributed by atoms with Crippen molar-refractivity contribution in [1.29, 1.82) is 0 Å². The summed E-state index contributed by atoms with van der Waals surface area (Å²) in [6.45, 7) is 2.77. The summed E-state index contributed by atoms with van der Waals surface area (Å²) in [7, 11) is 1.93. The van der Waals surface area contributed by atoms with E-state index in [2.05, 4.69) is 20.8 Å². The van der Waals surface area contributed by atoms with Crippen molar-refractivity contribution >= 4 is 11.5 Å². The molecule has 0 saturated carbocycles. The van der Waals surface area contributed by atoms with Crippen LogP contribution < -0.4 is 16.6 Å². The number of nitrogen functional groups attached to an aromatic ring is 1. The largest absolute Gasteiger partial charge is 0.381 e. The van der Waals surface area contributed by atoms with Gasteiger partial charge in [0.05, 0.1) is 6.20 Å². The second-order valence-corrected chi connectivity index (χ2v) is 3.81. The summed E-state index contributed by atoms with van der Waals surface area (Å²) in [5, 5.41) is 7.50. The second-order valence-electron chi connectivity index (χ2n) is 3.81. The van der Waals surface area contributed by atoms with Gasteiger partial charge in [-0.1, -0.05) is 0 Å². The molecule has 2 heterocycles. The average molecular weight is 232 g/mol. The zero-order valence-corrected chi connectivity index (χ0v) is 9.94. The Bertz CT molecular complexity index is 504. The first-order valence-electron chi connectivity index (χ1n) is 5.34. The van der Waals surface area contributed by atoms with E-state index >= 15 is 0 Å². The first-order valence-corrected chi connectivity index (χ1v) is 5.34. The highest BCUT2D eigenvalue weighted by atomic mass is 15.3. The first-order chi connectivity index (χ1) is 8.20. The quantitative estimate of drug-likeness (QED) is 0.541. The molecule has 0 radical (unpaired) electrons. The minimum Gasteiger partial charge on any atom is -0.381 e. The molecule has 2 aromatic rings. The monoisotopic (exact) mass is 232 g/mol. The van der Waals surface area contributed by atoms with E-state index in [1.165, 1.54) is 5.56 Å². The zero-order valence-electron chi connectivity index (χ0n) is 9.94. The fraction of sp³-hybridized carbons (Fsp3) is 0.273. The molecule has 2 rings (SSSR count). The molecule has 6 nitrogen and oxygen atoms in total. The molecule has 90 valence electrons. The summed E-state index contributed by atoms with van der Waals surface area (Å²) in [6, 6.07) is 3.75. The normalized spacial score (nSPS) is 10.3. The lowest BCUT2D eigenvalue weighted by atomic mass is 10.2. The van der Waals surface area contributed by atoms with Crippen molar-refractivity contribution in [3.63, 3.8) is 0 Å². The number of aromatic nitrogens is 3. The van der Waals surface area contributed by atoms with E-state index in [1.54, 1.807) is 6.20 Å². The van der Waals surface area contributed by atoms with Crippen LogP contribution in [0.1, 0.15) is 11.3 Å². The van der Waals surface area contributed by atoms with E-state index in [-0.39, 0.29) is 0 Å². The number of hydrogen-bond donors (Lipinski definition) is 3. The van der Waals surface area contributed by atoms with Crippen LogP contribution in [0.3, 0.4) is 0 Å². The lowest BCUT2D eigenvalue weighted by molar-refractivity contribution is 0.738. The Kier molecular flexibility index (Phi) is 3.24. The maximum absolute atomic E-state index is 5.30. The highest BCUT2D eigenvalue weighted by Crippen LogP contribution is 2.13. The van der Waals surface area contributed by atoms with Crippen LogP contribution in [0.15, 0.2) is 24.5 Å². The third kappa shape index (κ3) is 2.54. The van der Waals surface area contributed by atoms with E-state index in [9.17, 15) is 0 Å². The van der Waals surface area contributed by atoms with Gasteiger partial charge in [0.2, 0.25) is 0 Å². The van der Waals surface area contributed by atoms with Crippen LogP contribution in [0.2, 0.25) is 0 Å². The van der Waals surface area contributed by atoms with Gasteiger partial charge in [-0.3, -0.25) is 4.68 Å². The Hall–Kier alpha value is -2.08. The van der Waals surface area contributed by atoms with E-state index < -0.39 is 0 Å². The van der Waals surface area contributed by atoms with Gasteiger partial charge in [-0.25, -0.2) is 10.8 Å². The van der Waals surface area contributed by atoms with Crippen molar-refractivity contribution in [3.05, 3.63) is 35.8 Å². The third-order valence-electron chi connectivity index (χ3n) is 2.73. The molecule has 0 amide bonds. The number of nitrogens with two attached hydrogens (primary N) is 1. The fourth-order valence-corrected chi connectivity index (χ4v) is 1.53. The molecule has 0 saturated heterocycles. The highest BCUT2D eigenvalue weighted by molar-refractivity contribution is 5.51. The van der Waals surface area contributed by atoms with Crippen LogP contribution in [0.4, 0.5) is 11.5 Å². The zero-order chi connectivity index (χ0) is 12.3. The van der Waals surface area contributed by atoms with Crippen molar-refractivity contribution in [2.24, 2.45) is 12.9 Å². The van der Waals surface area contributed by atoms with Crippen LogP contribution in [0, 0.1) is 6.92 Å². The van der Waals surface area contributed by atoms with Crippen LogP contribution in [-0.2, 0) is 13.6 Å². The number of hydrogen-bond acceptors (Lipinski definition) is 5. The van der Waals surface area contributed by atoms with Crippen molar-refractivity contribution in [2.75, 3.05) is 10.7 Å². The van der Waals surface area contributed by atoms with Crippen LogP contribution in [0.5, 0.6) is 0 Å². The van der Waals surface area contributed by atoms with Gasteiger partial charge in [0.25, 0.3) is 0 Å². The fourth-order valence-electron chi connectivity index (χ4n) is 1.53. The molecular weight excluding hydrogens is 216 g/mol. The second kappa shape index (κ2) is 4.84. The summed E-state index contributed by atoms with van der Waals surface area (Å²) in [5.74, 6) is 5.94. The standard InChI is InChI=1S/C11H16N6/c1-8-9(7-15-17(8)2)6-14-10-3-4-13-11(5-10)16-12/h3-5,7H,6,12H2,1-2H3,(H2,13,14,16). The molecule has 0 bridgehead atoms. The molecule has 2 aromatic heterocycles. The third-order valence-corrected chi connectivity index (χ3v) is 2.73. The molecule has 0 aliphatic rings. The Morgan fingerprint density at radius 1 is 1.47 bits per heavy atom. The van der Waals surface area contributed by atoms with Crippen LogP contribution in [0.25, 0.3) is 0 Å².